The van der Waals surface area contributed by atoms with E-state index in [4.69, 9.17) is 4.74 Å². The van der Waals surface area contributed by atoms with Crippen LogP contribution in [0.2, 0.25) is 0 Å². The zero-order chi connectivity index (χ0) is 14.2. The second-order valence-electron chi connectivity index (χ2n) is 5.82. The lowest BCUT2D eigenvalue weighted by Gasteiger charge is -2.17. The minimum absolute atomic E-state index is 0.00369. The number of benzene rings is 1. The Morgan fingerprint density at radius 3 is 2.63 bits per heavy atom. The second kappa shape index (κ2) is 4.68. The smallest absolute Gasteiger partial charge is 0.309 e. The molecule has 0 radical (unpaired) electrons. The standard InChI is InChI=1S/C15H20N2O2/c1-15(2,3)14-16-11-7-6-10(9-13(18)19-5)8-12(11)17(14)4/h6-8H,9H2,1-5H3. The fourth-order valence-corrected chi connectivity index (χ4v) is 2.26. The lowest BCUT2D eigenvalue weighted by atomic mass is 9.96. The van der Waals surface area contributed by atoms with E-state index < -0.39 is 0 Å². The molecule has 0 bridgehead atoms. The van der Waals surface area contributed by atoms with Crippen LogP contribution in [0.15, 0.2) is 18.2 Å². The van der Waals surface area contributed by atoms with Crippen molar-refractivity contribution in [3.05, 3.63) is 29.6 Å². The summed E-state index contributed by atoms with van der Waals surface area (Å²) in [5.74, 6) is 0.815. The third-order valence-corrected chi connectivity index (χ3v) is 3.19. The van der Waals surface area contributed by atoms with Gasteiger partial charge >= 0.3 is 5.97 Å². The SMILES string of the molecule is COC(=O)Cc1ccc2nc(C(C)(C)C)n(C)c2c1. The number of nitrogens with zero attached hydrogens (tertiary/aromatic N) is 2. The highest BCUT2D eigenvalue weighted by atomic mass is 16.5. The summed E-state index contributed by atoms with van der Waals surface area (Å²) < 4.78 is 6.79. The normalized spacial score (nSPS) is 11.8. The Balaban J connectivity index is 2.48. The van der Waals surface area contributed by atoms with Gasteiger partial charge < -0.3 is 9.30 Å². The van der Waals surface area contributed by atoms with Crippen LogP contribution in [-0.2, 0) is 28.4 Å². The summed E-state index contributed by atoms with van der Waals surface area (Å²) in [4.78, 5) is 16.0. The van der Waals surface area contributed by atoms with Crippen molar-refractivity contribution in [3.63, 3.8) is 0 Å². The number of fused-ring (bicyclic) bond motifs is 1. The summed E-state index contributed by atoms with van der Waals surface area (Å²) in [7, 11) is 3.42. The molecule has 0 aliphatic rings. The molecule has 0 aliphatic heterocycles. The molecule has 0 N–H and O–H groups in total. The van der Waals surface area contributed by atoms with Gasteiger partial charge in [-0.05, 0) is 17.7 Å². The van der Waals surface area contributed by atoms with Gasteiger partial charge in [0.1, 0.15) is 5.82 Å². The lowest BCUT2D eigenvalue weighted by molar-refractivity contribution is -0.139. The molecule has 0 saturated carbocycles. The van der Waals surface area contributed by atoms with Crippen molar-refractivity contribution in [2.75, 3.05) is 7.11 Å². The van der Waals surface area contributed by atoms with Crippen molar-refractivity contribution in [1.82, 2.24) is 9.55 Å². The molecule has 2 rings (SSSR count). The first-order valence-corrected chi connectivity index (χ1v) is 6.35. The van der Waals surface area contributed by atoms with Gasteiger partial charge in [0.2, 0.25) is 0 Å². The van der Waals surface area contributed by atoms with E-state index in [1.165, 1.54) is 7.11 Å². The largest absolute Gasteiger partial charge is 0.469 e. The van der Waals surface area contributed by atoms with Crippen LogP contribution in [-0.4, -0.2) is 22.6 Å². The van der Waals surface area contributed by atoms with E-state index in [1.807, 2.05) is 25.2 Å². The summed E-state index contributed by atoms with van der Waals surface area (Å²) in [6.07, 6.45) is 0.294. The summed E-state index contributed by atoms with van der Waals surface area (Å²) in [6, 6.07) is 5.90. The predicted octanol–water partition coefficient (Wildman–Crippen LogP) is 2.59. The van der Waals surface area contributed by atoms with Crippen LogP contribution in [0, 0.1) is 0 Å². The van der Waals surface area contributed by atoms with Gasteiger partial charge in [0.25, 0.3) is 0 Å². The van der Waals surface area contributed by atoms with E-state index in [0.29, 0.717) is 6.42 Å². The second-order valence-corrected chi connectivity index (χ2v) is 5.82. The number of esters is 1. The van der Waals surface area contributed by atoms with Crippen molar-refractivity contribution in [3.8, 4) is 0 Å². The van der Waals surface area contributed by atoms with Crippen molar-refractivity contribution in [2.45, 2.75) is 32.6 Å². The monoisotopic (exact) mass is 260 g/mol. The lowest BCUT2D eigenvalue weighted by Crippen LogP contribution is -2.17. The van der Waals surface area contributed by atoms with Gasteiger partial charge in [-0.1, -0.05) is 26.8 Å². The summed E-state index contributed by atoms with van der Waals surface area (Å²) in [5, 5.41) is 0. The van der Waals surface area contributed by atoms with Crippen molar-refractivity contribution in [1.29, 1.82) is 0 Å². The topological polar surface area (TPSA) is 44.1 Å². The van der Waals surface area contributed by atoms with Crippen LogP contribution in [0.25, 0.3) is 11.0 Å². The summed E-state index contributed by atoms with van der Waals surface area (Å²) in [6.45, 7) is 6.43. The number of methoxy groups -OCH3 is 1. The highest BCUT2D eigenvalue weighted by Crippen LogP contribution is 2.25. The Labute approximate surface area is 113 Å². The number of hydrogen-bond acceptors (Lipinski definition) is 3. The van der Waals surface area contributed by atoms with E-state index >= 15 is 0 Å². The molecule has 0 unspecified atom stereocenters. The van der Waals surface area contributed by atoms with Crippen LogP contribution >= 0.6 is 0 Å². The molecule has 0 amide bonds. The minimum atomic E-state index is -0.224. The Kier molecular flexibility index (Phi) is 3.35. The first-order chi connectivity index (χ1) is 8.82. The zero-order valence-electron chi connectivity index (χ0n) is 12.2. The van der Waals surface area contributed by atoms with E-state index in [9.17, 15) is 4.79 Å². The van der Waals surface area contributed by atoms with Gasteiger partial charge in [-0.25, -0.2) is 4.98 Å². The molecule has 19 heavy (non-hydrogen) atoms. The molecule has 102 valence electrons. The quantitative estimate of drug-likeness (QED) is 0.780. The molecule has 0 atom stereocenters. The molecule has 4 heteroatoms. The third kappa shape index (κ3) is 2.62. The first-order valence-electron chi connectivity index (χ1n) is 6.35. The highest BCUT2D eigenvalue weighted by Gasteiger charge is 2.21. The van der Waals surface area contributed by atoms with E-state index in [2.05, 4.69) is 30.3 Å². The van der Waals surface area contributed by atoms with E-state index in [0.717, 1.165) is 22.4 Å². The fraction of sp³-hybridized carbons (Fsp3) is 0.467. The van der Waals surface area contributed by atoms with Gasteiger partial charge in [-0.3, -0.25) is 4.79 Å². The predicted molar refractivity (Wildman–Crippen MR) is 75.1 cm³/mol. The van der Waals surface area contributed by atoms with Gasteiger partial charge in [0.15, 0.2) is 0 Å². The van der Waals surface area contributed by atoms with Crippen LogP contribution in [0.3, 0.4) is 0 Å². The average molecular weight is 260 g/mol. The van der Waals surface area contributed by atoms with Crippen molar-refractivity contribution in [2.24, 2.45) is 7.05 Å². The average Bonchev–Trinajstić information content (AvgIpc) is 2.66. The Hall–Kier alpha value is -1.84. The molecule has 0 fully saturated rings. The number of carbonyl (C=O) groups excluding carboxylic acids is 1. The molecule has 4 nitrogen and oxygen atoms in total. The van der Waals surface area contributed by atoms with Crippen molar-refractivity contribution >= 4 is 17.0 Å². The number of rotatable bonds is 2. The van der Waals surface area contributed by atoms with Gasteiger partial charge in [-0.15, -0.1) is 0 Å². The number of carbonyl (C=O) groups is 1. The Bertz CT molecular complexity index is 621. The maximum absolute atomic E-state index is 11.3. The molecule has 2 aromatic rings. The Morgan fingerprint density at radius 1 is 1.37 bits per heavy atom. The van der Waals surface area contributed by atoms with Crippen LogP contribution < -0.4 is 0 Å². The molecule has 0 saturated heterocycles. The molecule has 0 spiro atoms. The maximum atomic E-state index is 11.3. The summed E-state index contributed by atoms with van der Waals surface area (Å²) >= 11 is 0. The van der Waals surface area contributed by atoms with E-state index in [1.54, 1.807) is 0 Å². The molecular weight excluding hydrogens is 240 g/mol. The number of aryl methyl sites for hydroxylation is 1. The molecule has 1 heterocycles. The number of aromatic nitrogens is 2. The zero-order valence-corrected chi connectivity index (χ0v) is 12.2. The van der Waals surface area contributed by atoms with E-state index in [-0.39, 0.29) is 11.4 Å². The number of ether oxygens (including phenoxy) is 1. The highest BCUT2D eigenvalue weighted by molar-refractivity contribution is 5.79. The van der Waals surface area contributed by atoms with Crippen molar-refractivity contribution < 1.29 is 9.53 Å². The van der Waals surface area contributed by atoms with Gasteiger partial charge in [0, 0.05) is 12.5 Å². The van der Waals surface area contributed by atoms with Crippen LogP contribution in [0.5, 0.6) is 0 Å². The Morgan fingerprint density at radius 2 is 2.05 bits per heavy atom. The van der Waals surface area contributed by atoms with Gasteiger partial charge in [-0.2, -0.15) is 0 Å². The number of imidazole rings is 1. The first kappa shape index (κ1) is 13.6. The molecular formula is C15H20N2O2. The minimum Gasteiger partial charge on any atom is -0.469 e. The fourth-order valence-electron chi connectivity index (χ4n) is 2.26. The molecule has 0 aliphatic carbocycles. The third-order valence-electron chi connectivity index (χ3n) is 3.19. The summed E-state index contributed by atoms with van der Waals surface area (Å²) in [5.41, 5.74) is 2.95. The van der Waals surface area contributed by atoms with Crippen LogP contribution in [0.4, 0.5) is 0 Å². The number of hydrogen-bond donors (Lipinski definition) is 0. The maximum Gasteiger partial charge on any atom is 0.309 e. The molecule has 1 aromatic heterocycles. The molecule has 1 aromatic carbocycles. The van der Waals surface area contributed by atoms with Crippen LogP contribution in [0.1, 0.15) is 32.2 Å². The van der Waals surface area contributed by atoms with Gasteiger partial charge in [0.05, 0.1) is 24.6 Å².